The zero-order valence-corrected chi connectivity index (χ0v) is 17.4. The number of nitrogens with one attached hydrogen (secondary N) is 1. The van der Waals surface area contributed by atoms with Crippen molar-refractivity contribution in [3.05, 3.63) is 18.2 Å². The van der Waals surface area contributed by atoms with Gasteiger partial charge in [0.25, 0.3) is 0 Å². The molecule has 0 aromatic heterocycles. The number of fused-ring (bicyclic) bond motifs is 1. The average molecular weight is 433 g/mol. The molecule has 3 aliphatic rings. The Kier molecular flexibility index (Phi) is 5.66. The number of carbonyl (C=O) groups excluding carboxylic acids is 1. The van der Waals surface area contributed by atoms with Crippen LogP contribution in [0.4, 0.5) is 0 Å². The van der Waals surface area contributed by atoms with Crippen LogP contribution in [0.5, 0.6) is 11.5 Å². The lowest BCUT2D eigenvalue weighted by Gasteiger charge is -2.25. The van der Waals surface area contributed by atoms with Crippen molar-refractivity contribution in [2.24, 2.45) is 10.2 Å². The summed E-state index contributed by atoms with van der Waals surface area (Å²) in [4.78, 5) is 12.8. The van der Waals surface area contributed by atoms with Crippen molar-refractivity contribution in [2.75, 3.05) is 26.3 Å². The third-order valence-corrected chi connectivity index (χ3v) is 7.41. The largest absolute Gasteiger partial charge is 0.486 e. The Labute approximate surface area is 175 Å². The van der Waals surface area contributed by atoms with Crippen LogP contribution in [0.3, 0.4) is 0 Å². The molecule has 1 N–H and O–H groups in total. The number of sulfonamides is 1. The summed E-state index contributed by atoms with van der Waals surface area (Å²) in [5, 5.41) is 10.9. The Morgan fingerprint density at radius 3 is 2.77 bits per heavy atom. The van der Waals surface area contributed by atoms with Gasteiger partial charge in [0.05, 0.1) is 4.90 Å². The Balaban J connectivity index is 1.40. The predicted molar refractivity (Wildman–Crippen MR) is 108 cm³/mol. The fraction of sp³-hybridized carbons (Fsp3) is 0.550. The van der Waals surface area contributed by atoms with Crippen LogP contribution >= 0.6 is 0 Å². The van der Waals surface area contributed by atoms with Crippen LogP contribution in [0.2, 0.25) is 0 Å². The van der Waals surface area contributed by atoms with Gasteiger partial charge in [-0.3, -0.25) is 4.79 Å². The summed E-state index contributed by atoms with van der Waals surface area (Å²) in [6.45, 7) is 1.46. The molecule has 1 aromatic rings. The van der Waals surface area contributed by atoms with Gasteiger partial charge in [0.1, 0.15) is 19.3 Å². The normalized spacial score (nSPS) is 21.8. The zero-order chi connectivity index (χ0) is 21.2. The lowest BCUT2D eigenvalue weighted by atomic mass is 10.0. The van der Waals surface area contributed by atoms with Gasteiger partial charge in [-0.2, -0.15) is 14.5 Å². The van der Waals surface area contributed by atoms with Crippen LogP contribution in [-0.2, 0) is 14.8 Å². The van der Waals surface area contributed by atoms with E-state index in [1.807, 2.05) is 0 Å². The molecule has 1 atom stereocenters. The Morgan fingerprint density at radius 1 is 1.27 bits per heavy atom. The average Bonchev–Trinajstić information content (AvgIpc) is 3.33. The van der Waals surface area contributed by atoms with E-state index in [2.05, 4.69) is 21.5 Å². The van der Waals surface area contributed by atoms with Crippen molar-refractivity contribution in [1.82, 2.24) is 9.62 Å². The number of amides is 1. The molecule has 0 bridgehead atoms. The highest BCUT2D eigenvalue weighted by Gasteiger charge is 2.41. The van der Waals surface area contributed by atoms with Crippen LogP contribution in [0.1, 0.15) is 32.1 Å². The highest BCUT2D eigenvalue weighted by molar-refractivity contribution is 7.89. The Morgan fingerprint density at radius 2 is 2.03 bits per heavy atom. The molecular formula is C20H24N4O5S. The molecule has 3 heterocycles. The number of terminal acetylenes is 1. The third kappa shape index (κ3) is 4.13. The second-order valence-electron chi connectivity index (χ2n) is 7.51. The second-order valence-corrected chi connectivity index (χ2v) is 9.40. The van der Waals surface area contributed by atoms with E-state index in [1.165, 1.54) is 16.4 Å². The summed E-state index contributed by atoms with van der Waals surface area (Å²) in [6, 6.07) is 3.80. The first-order valence-corrected chi connectivity index (χ1v) is 11.5. The monoisotopic (exact) mass is 432 g/mol. The summed E-state index contributed by atoms with van der Waals surface area (Å²) in [7, 11) is -3.84. The Bertz CT molecular complexity index is 995. The molecular weight excluding hydrogens is 408 g/mol. The molecule has 3 aliphatic heterocycles. The highest BCUT2D eigenvalue weighted by Crippen LogP contribution is 2.36. The molecule has 1 amide bonds. The number of ether oxygens (including phenoxy) is 2. The van der Waals surface area contributed by atoms with E-state index < -0.39 is 21.7 Å². The summed E-state index contributed by atoms with van der Waals surface area (Å²) in [5.74, 6) is 3.18. The SMILES string of the molecule is C#CCCC1(CCNC(=O)C2CCCN2S(=O)(=O)c2ccc3c(c2)OCCO3)N=N1. The molecule has 1 fully saturated rings. The van der Waals surface area contributed by atoms with Crippen molar-refractivity contribution in [1.29, 1.82) is 0 Å². The van der Waals surface area contributed by atoms with E-state index in [4.69, 9.17) is 15.9 Å². The maximum absolute atomic E-state index is 13.2. The highest BCUT2D eigenvalue weighted by atomic mass is 32.2. The molecule has 0 aliphatic carbocycles. The van der Waals surface area contributed by atoms with Gasteiger partial charge < -0.3 is 14.8 Å². The van der Waals surface area contributed by atoms with Crippen molar-refractivity contribution in [2.45, 2.75) is 48.7 Å². The summed E-state index contributed by atoms with van der Waals surface area (Å²) < 4.78 is 38.6. The number of hydrogen-bond acceptors (Lipinski definition) is 7. The van der Waals surface area contributed by atoms with E-state index >= 15 is 0 Å². The molecule has 160 valence electrons. The number of carbonyl (C=O) groups is 1. The minimum Gasteiger partial charge on any atom is -0.486 e. The van der Waals surface area contributed by atoms with Gasteiger partial charge in [0.2, 0.25) is 15.9 Å². The molecule has 4 rings (SSSR count). The van der Waals surface area contributed by atoms with E-state index in [-0.39, 0.29) is 10.8 Å². The quantitative estimate of drug-likeness (QED) is 0.629. The van der Waals surface area contributed by atoms with Gasteiger partial charge in [0.15, 0.2) is 17.2 Å². The van der Waals surface area contributed by atoms with Crippen LogP contribution in [0.25, 0.3) is 0 Å². The molecule has 0 saturated carbocycles. The smallest absolute Gasteiger partial charge is 0.243 e. The molecule has 1 unspecified atom stereocenters. The molecule has 10 heteroatoms. The van der Waals surface area contributed by atoms with Crippen molar-refractivity contribution in [3.63, 3.8) is 0 Å². The number of hydrogen-bond donors (Lipinski definition) is 1. The van der Waals surface area contributed by atoms with Crippen LogP contribution in [-0.4, -0.2) is 56.6 Å². The van der Waals surface area contributed by atoms with Crippen molar-refractivity contribution >= 4 is 15.9 Å². The van der Waals surface area contributed by atoms with E-state index in [0.29, 0.717) is 69.9 Å². The first kappa shape index (κ1) is 20.6. The van der Waals surface area contributed by atoms with Gasteiger partial charge in [0, 0.05) is 38.4 Å². The van der Waals surface area contributed by atoms with Gasteiger partial charge in [-0.25, -0.2) is 8.42 Å². The van der Waals surface area contributed by atoms with Crippen LogP contribution in [0.15, 0.2) is 33.3 Å². The minimum absolute atomic E-state index is 0.0928. The number of rotatable bonds is 8. The fourth-order valence-corrected chi connectivity index (χ4v) is 5.45. The standard InChI is InChI=1S/C20H24N4O5S/c1-2-3-8-20(22-23-20)9-10-21-19(25)16-5-4-11-24(16)30(26,27)15-6-7-17-18(14-15)29-13-12-28-17/h1,6-7,14,16H,3-5,8-13H2,(H,21,25). The topological polar surface area (TPSA) is 110 Å². The molecule has 1 saturated heterocycles. The van der Waals surface area contributed by atoms with Crippen LogP contribution < -0.4 is 14.8 Å². The number of benzene rings is 1. The number of nitrogens with zero attached hydrogens (tertiary/aromatic N) is 3. The molecule has 0 radical (unpaired) electrons. The summed E-state index contributed by atoms with van der Waals surface area (Å²) in [6.07, 6.45) is 8.18. The maximum Gasteiger partial charge on any atom is 0.243 e. The van der Waals surface area contributed by atoms with E-state index in [1.54, 1.807) is 6.07 Å². The molecule has 0 spiro atoms. The first-order valence-electron chi connectivity index (χ1n) is 10.0. The lowest BCUT2D eigenvalue weighted by Crippen LogP contribution is -2.46. The van der Waals surface area contributed by atoms with E-state index in [0.717, 1.165) is 0 Å². The van der Waals surface area contributed by atoms with Gasteiger partial charge in [-0.1, -0.05) is 0 Å². The maximum atomic E-state index is 13.2. The van der Waals surface area contributed by atoms with E-state index in [9.17, 15) is 13.2 Å². The first-order chi connectivity index (χ1) is 14.5. The van der Waals surface area contributed by atoms with Gasteiger partial charge >= 0.3 is 0 Å². The molecule has 9 nitrogen and oxygen atoms in total. The van der Waals surface area contributed by atoms with Gasteiger partial charge in [-0.05, 0) is 25.0 Å². The zero-order valence-electron chi connectivity index (χ0n) is 16.5. The molecule has 1 aromatic carbocycles. The van der Waals surface area contributed by atoms with Crippen molar-refractivity contribution in [3.8, 4) is 23.8 Å². The Hall–Kier alpha value is -2.64. The second kappa shape index (κ2) is 8.24. The minimum atomic E-state index is -3.84. The summed E-state index contributed by atoms with van der Waals surface area (Å²) in [5.41, 5.74) is -0.480. The summed E-state index contributed by atoms with van der Waals surface area (Å²) >= 11 is 0. The molecule has 30 heavy (non-hydrogen) atoms. The van der Waals surface area contributed by atoms with Crippen molar-refractivity contribution < 1.29 is 22.7 Å². The van der Waals surface area contributed by atoms with Crippen LogP contribution in [0, 0.1) is 12.3 Å². The fourth-order valence-electron chi connectivity index (χ4n) is 3.78. The predicted octanol–water partition coefficient (Wildman–Crippen LogP) is 1.69. The lowest BCUT2D eigenvalue weighted by molar-refractivity contribution is -0.124. The van der Waals surface area contributed by atoms with Gasteiger partial charge in [-0.15, -0.1) is 12.3 Å². The third-order valence-electron chi connectivity index (χ3n) is 5.50.